The molecule has 1 aliphatic heterocycles. The number of ether oxygens (including phenoxy) is 2. The molecule has 0 aliphatic carbocycles. The second kappa shape index (κ2) is 8.13. The molecule has 3 aromatic rings. The van der Waals surface area contributed by atoms with E-state index in [1.807, 2.05) is 0 Å². The molecule has 1 aliphatic rings. The molecule has 0 saturated heterocycles. The summed E-state index contributed by atoms with van der Waals surface area (Å²) in [6.45, 7) is 2.13. The van der Waals surface area contributed by atoms with Crippen LogP contribution < -0.4 is 4.74 Å². The monoisotopic (exact) mass is 445 g/mol. The number of hydrogen-bond acceptors (Lipinski definition) is 7. The van der Waals surface area contributed by atoms with E-state index < -0.39 is 23.5 Å². The third-order valence-corrected chi connectivity index (χ3v) is 5.32. The van der Waals surface area contributed by atoms with Crippen molar-refractivity contribution in [3.8, 4) is 5.75 Å². The predicted octanol–water partition coefficient (Wildman–Crippen LogP) is 4.22. The number of Topliss-reactive ketones (excluding diaryl/α,β-unsaturated/α-hetero) is 1. The lowest BCUT2D eigenvalue weighted by Crippen LogP contribution is -2.33. The zero-order chi connectivity index (χ0) is 22.3. The average Bonchev–Trinajstić information content (AvgIpc) is 3.42. The Morgan fingerprint density at radius 3 is 2.65 bits per heavy atom. The second-order valence-corrected chi connectivity index (χ2v) is 7.51. The molecular formula is C22H20ClNO7. The maximum Gasteiger partial charge on any atom is 0.290 e. The lowest BCUT2D eigenvalue weighted by Gasteiger charge is -2.24. The Hall–Kier alpha value is -3.23. The molecule has 1 unspecified atom stereocenters. The summed E-state index contributed by atoms with van der Waals surface area (Å²) in [5, 5.41) is 11.6. The van der Waals surface area contributed by atoms with E-state index in [0.29, 0.717) is 33.3 Å². The first-order valence-electron chi connectivity index (χ1n) is 9.46. The molecule has 3 heterocycles. The SMILES string of the molecule is COCCN1C(=O)C(O)=C(C(=O)c2cc3cc(Cl)cc(OC)c3o2)C1c1ccc(C)o1. The first kappa shape index (κ1) is 21.0. The van der Waals surface area contributed by atoms with Gasteiger partial charge >= 0.3 is 0 Å². The number of aliphatic hydroxyl groups excluding tert-OH is 1. The molecular weight excluding hydrogens is 426 g/mol. The topological polar surface area (TPSA) is 102 Å². The van der Waals surface area contributed by atoms with Gasteiger partial charge in [0.05, 0.1) is 19.3 Å². The minimum Gasteiger partial charge on any atom is -0.503 e. The van der Waals surface area contributed by atoms with Crippen molar-refractivity contribution in [1.29, 1.82) is 0 Å². The lowest BCUT2D eigenvalue weighted by molar-refractivity contribution is -0.130. The van der Waals surface area contributed by atoms with Crippen molar-refractivity contribution in [1.82, 2.24) is 4.90 Å². The summed E-state index contributed by atoms with van der Waals surface area (Å²) < 4.78 is 21.8. The summed E-state index contributed by atoms with van der Waals surface area (Å²) >= 11 is 6.10. The Bertz CT molecular complexity index is 1210. The average molecular weight is 446 g/mol. The number of aryl methyl sites for hydroxylation is 1. The van der Waals surface area contributed by atoms with Gasteiger partial charge in [-0.15, -0.1) is 0 Å². The highest BCUT2D eigenvalue weighted by Gasteiger charge is 2.45. The molecule has 0 radical (unpaired) electrons. The van der Waals surface area contributed by atoms with Crippen LogP contribution in [0.15, 0.2) is 50.5 Å². The summed E-state index contributed by atoms with van der Waals surface area (Å²) in [5.41, 5.74) is 0.209. The number of aliphatic hydroxyl groups is 1. The van der Waals surface area contributed by atoms with E-state index in [-0.39, 0.29) is 24.5 Å². The van der Waals surface area contributed by atoms with Crippen molar-refractivity contribution >= 4 is 34.3 Å². The molecule has 0 bridgehead atoms. The number of fused-ring (bicyclic) bond motifs is 1. The van der Waals surface area contributed by atoms with Gasteiger partial charge in [0.25, 0.3) is 5.91 Å². The standard InChI is InChI=1S/C22H20ClNO7/c1-11-4-5-14(30-11)18-17(20(26)22(27)24(18)6-7-28-2)19(25)15-9-12-8-13(23)10-16(29-3)21(12)31-15/h4-5,8-10,18,26H,6-7H2,1-3H3. The van der Waals surface area contributed by atoms with Crippen molar-refractivity contribution in [2.75, 3.05) is 27.4 Å². The van der Waals surface area contributed by atoms with Gasteiger partial charge in [0.1, 0.15) is 17.6 Å². The number of halogens is 1. The molecule has 0 saturated carbocycles. The maximum absolute atomic E-state index is 13.4. The fraction of sp³-hybridized carbons (Fsp3) is 0.273. The summed E-state index contributed by atoms with van der Waals surface area (Å²) in [7, 11) is 2.96. The van der Waals surface area contributed by atoms with Crippen molar-refractivity contribution in [3.63, 3.8) is 0 Å². The summed E-state index contributed by atoms with van der Waals surface area (Å²) in [6, 6.07) is 7.17. The van der Waals surface area contributed by atoms with Crippen LogP contribution in [0.1, 0.15) is 28.1 Å². The first-order chi connectivity index (χ1) is 14.8. The second-order valence-electron chi connectivity index (χ2n) is 7.07. The predicted molar refractivity (Wildman–Crippen MR) is 112 cm³/mol. The van der Waals surface area contributed by atoms with E-state index in [2.05, 4.69) is 0 Å². The Labute approximate surface area is 182 Å². The van der Waals surface area contributed by atoms with E-state index in [1.54, 1.807) is 31.2 Å². The summed E-state index contributed by atoms with van der Waals surface area (Å²) in [6.07, 6.45) is 0. The van der Waals surface area contributed by atoms with E-state index in [9.17, 15) is 14.7 Å². The van der Waals surface area contributed by atoms with E-state index in [0.717, 1.165) is 0 Å². The lowest BCUT2D eigenvalue weighted by atomic mass is 9.99. The van der Waals surface area contributed by atoms with Gasteiger partial charge in [0.2, 0.25) is 5.78 Å². The van der Waals surface area contributed by atoms with E-state index >= 15 is 0 Å². The number of benzene rings is 1. The Kier molecular flexibility index (Phi) is 5.51. The van der Waals surface area contributed by atoms with Gasteiger partial charge in [-0.2, -0.15) is 0 Å². The Balaban J connectivity index is 1.81. The molecule has 1 amide bonds. The van der Waals surface area contributed by atoms with Crippen molar-refractivity contribution in [2.24, 2.45) is 0 Å². The number of amides is 1. The van der Waals surface area contributed by atoms with Crippen LogP contribution in [0.4, 0.5) is 0 Å². The zero-order valence-electron chi connectivity index (χ0n) is 17.1. The van der Waals surface area contributed by atoms with Crippen LogP contribution in [0.25, 0.3) is 11.0 Å². The van der Waals surface area contributed by atoms with Crippen LogP contribution in [0.2, 0.25) is 5.02 Å². The summed E-state index contributed by atoms with van der Waals surface area (Å²) in [4.78, 5) is 27.5. The van der Waals surface area contributed by atoms with Crippen molar-refractivity contribution < 1.29 is 33.0 Å². The number of furan rings is 2. The molecule has 4 rings (SSSR count). The number of methoxy groups -OCH3 is 2. The van der Waals surface area contributed by atoms with Crippen LogP contribution in [0, 0.1) is 6.92 Å². The third-order valence-electron chi connectivity index (χ3n) is 5.11. The fourth-order valence-electron chi connectivity index (χ4n) is 3.68. The highest BCUT2D eigenvalue weighted by Crippen LogP contribution is 2.41. The highest BCUT2D eigenvalue weighted by molar-refractivity contribution is 6.31. The fourth-order valence-corrected chi connectivity index (χ4v) is 3.90. The van der Waals surface area contributed by atoms with Crippen LogP contribution >= 0.6 is 11.6 Å². The van der Waals surface area contributed by atoms with Gasteiger partial charge in [-0.1, -0.05) is 11.6 Å². The Morgan fingerprint density at radius 1 is 1.23 bits per heavy atom. The van der Waals surface area contributed by atoms with Gasteiger partial charge in [0, 0.05) is 30.1 Å². The van der Waals surface area contributed by atoms with Crippen LogP contribution in [0.3, 0.4) is 0 Å². The molecule has 0 fully saturated rings. The van der Waals surface area contributed by atoms with Crippen LogP contribution in [-0.2, 0) is 9.53 Å². The van der Waals surface area contributed by atoms with E-state index in [1.165, 1.54) is 25.2 Å². The number of carbonyl (C=O) groups excluding carboxylic acids is 2. The molecule has 1 N–H and O–H groups in total. The van der Waals surface area contributed by atoms with Gasteiger partial charge in [-0.3, -0.25) is 9.59 Å². The van der Waals surface area contributed by atoms with Gasteiger partial charge in [-0.05, 0) is 31.2 Å². The van der Waals surface area contributed by atoms with E-state index in [4.69, 9.17) is 29.9 Å². The molecule has 9 heteroatoms. The quantitative estimate of drug-likeness (QED) is 0.543. The molecule has 8 nitrogen and oxygen atoms in total. The first-order valence-corrected chi connectivity index (χ1v) is 9.84. The highest BCUT2D eigenvalue weighted by atomic mass is 35.5. The molecule has 0 spiro atoms. The van der Waals surface area contributed by atoms with Gasteiger partial charge in [-0.25, -0.2) is 0 Å². The minimum atomic E-state index is -0.914. The third kappa shape index (κ3) is 3.58. The van der Waals surface area contributed by atoms with Crippen molar-refractivity contribution in [3.05, 3.63) is 64.0 Å². The maximum atomic E-state index is 13.4. The molecule has 1 aromatic carbocycles. The normalized spacial score (nSPS) is 16.6. The smallest absolute Gasteiger partial charge is 0.290 e. The van der Waals surface area contributed by atoms with Crippen LogP contribution in [-0.4, -0.2) is 49.1 Å². The van der Waals surface area contributed by atoms with Crippen LogP contribution in [0.5, 0.6) is 5.75 Å². The molecule has 1 atom stereocenters. The zero-order valence-corrected chi connectivity index (χ0v) is 17.9. The molecule has 2 aromatic heterocycles. The van der Waals surface area contributed by atoms with Gasteiger partial charge in [0.15, 0.2) is 22.9 Å². The summed E-state index contributed by atoms with van der Waals surface area (Å²) in [5.74, 6) is -0.712. The minimum absolute atomic E-state index is 0.0632. The van der Waals surface area contributed by atoms with Gasteiger partial charge < -0.3 is 28.3 Å². The number of nitrogens with zero attached hydrogens (tertiary/aromatic N) is 1. The number of ketones is 1. The molecule has 31 heavy (non-hydrogen) atoms. The Morgan fingerprint density at radius 2 is 2.00 bits per heavy atom. The van der Waals surface area contributed by atoms with Crippen molar-refractivity contribution in [2.45, 2.75) is 13.0 Å². The molecule has 162 valence electrons. The number of carbonyl (C=O) groups is 2. The number of hydrogen-bond donors (Lipinski definition) is 1. The largest absolute Gasteiger partial charge is 0.503 e. The number of rotatable bonds is 7.